The highest BCUT2D eigenvalue weighted by Crippen LogP contribution is 2.19. The summed E-state index contributed by atoms with van der Waals surface area (Å²) in [6, 6.07) is 0. The molecule has 4 rings (SSSR count). The number of fused-ring (bicyclic) bond motifs is 1. The SMILES string of the molecule is CN1CCN(C(=O)c2cncc(N3CCc4c(nc[nH]c4=O)C3)n2)CC1. The number of piperazine rings is 1. The van der Waals surface area contributed by atoms with Gasteiger partial charge in [-0.05, 0) is 13.5 Å². The Balaban J connectivity index is 1.53. The minimum absolute atomic E-state index is 0.0836. The molecule has 136 valence electrons. The second-order valence-corrected chi connectivity index (χ2v) is 6.69. The lowest BCUT2D eigenvalue weighted by Gasteiger charge is -2.32. The molecule has 9 heteroatoms. The van der Waals surface area contributed by atoms with Crippen LogP contribution >= 0.6 is 0 Å². The molecular weight excluding hydrogens is 334 g/mol. The number of H-pyrrole nitrogens is 1. The predicted octanol–water partition coefficient (Wildman–Crippen LogP) is -0.490. The molecule has 0 radical (unpaired) electrons. The molecule has 0 bridgehead atoms. The topological polar surface area (TPSA) is 98.3 Å². The quantitative estimate of drug-likeness (QED) is 0.776. The highest BCUT2D eigenvalue weighted by Gasteiger charge is 2.24. The van der Waals surface area contributed by atoms with Gasteiger partial charge in [-0.2, -0.15) is 0 Å². The first-order valence-electron chi connectivity index (χ1n) is 8.72. The van der Waals surface area contributed by atoms with E-state index in [1.54, 1.807) is 6.20 Å². The molecule has 1 fully saturated rings. The van der Waals surface area contributed by atoms with Gasteiger partial charge in [0.05, 0.1) is 31.0 Å². The van der Waals surface area contributed by atoms with Crippen LogP contribution in [0.3, 0.4) is 0 Å². The number of rotatable bonds is 2. The summed E-state index contributed by atoms with van der Waals surface area (Å²) in [6.07, 6.45) is 5.18. The number of carbonyl (C=O) groups excluding carboxylic acids is 1. The zero-order valence-corrected chi connectivity index (χ0v) is 14.7. The van der Waals surface area contributed by atoms with Crippen LogP contribution in [0.5, 0.6) is 0 Å². The predicted molar refractivity (Wildman–Crippen MR) is 95.0 cm³/mol. The molecule has 0 spiro atoms. The summed E-state index contributed by atoms with van der Waals surface area (Å²) in [7, 11) is 2.05. The number of nitrogens with zero attached hydrogens (tertiary/aromatic N) is 6. The minimum Gasteiger partial charge on any atom is -0.349 e. The van der Waals surface area contributed by atoms with Crippen molar-refractivity contribution in [2.75, 3.05) is 44.7 Å². The summed E-state index contributed by atoms with van der Waals surface area (Å²) >= 11 is 0. The maximum absolute atomic E-state index is 12.7. The summed E-state index contributed by atoms with van der Waals surface area (Å²) in [6.45, 7) is 4.25. The van der Waals surface area contributed by atoms with Crippen LogP contribution in [0.15, 0.2) is 23.5 Å². The summed E-state index contributed by atoms with van der Waals surface area (Å²) in [4.78, 5) is 46.2. The maximum Gasteiger partial charge on any atom is 0.274 e. The van der Waals surface area contributed by atoms with Crippen molar-refractivity contribution in [3.63, 3.8) is 0 Å². The van der Waals surface area contributed by atoms with E-state index in [0.29, 0.717) is 44.1 Å². The van der Waals surface area contributed by atoms with Crippen LogP contribution in [-0.2, 0) is 13.0 Å². The Morgan fingerprint density at radius 2 is 1.96 bits per heavy atom. The normalized spacial score (nSPS) is 17.9. The molecule has 2 aliphatic heterocycles. The smallest absolute Gasteiger partial charge is 0.274 e. The molecular formula is C17H21N7O2. The van der Waals surface area contributed by atoms with Crippen LogP contribution in [0.25, 0.3) is 0 Å². The van der Waals surface area contributed by atoms with Gasteiger partial charge in [0.25, 0.3) is 11.5 Å². The van der Waals surface area contributed by atoms with Crippen molar-refractivity contribution in [1.82, 2.24) is 29.7 Å². The Bertz CT molecular complexity index is 873. The number of nitrogens with one attached hydrogen (secondary N) is 1. The van der Waals surface area contributed by atoms with Gasteiger partial charge in [0, 0.05) is 38.3 Å². The van der Waals surface area contributed by atoms with Gasteiger partial charge >= 0.3 is 0 Å². The van der Waals surface area contributed by atoms with Gasteiger partial charge in [-0.3, -0.25) is 14.6 Å². The highest BCUT2D eigenvalue weighted by atomic mass is 16.2. The molecule has 1 amide bonds. The summed E-state index contributed by atoms with van der Waals surface area (Å²) in [5, 5.41) is 0. The Hall–Kier alpha value is -2.81. The number of aromatic amines is 1. The lowest BCUT2D eigenvalue weighted by molar-refractivity contribution is 0.0658. The summed E-state index contributed by atoms with van der Waals surface area (Å²) < 4.78 is 0. The Kier molecular flexibility index (Phi) is 4.37. The van der Waals surface area contributed by atoms with Gasteiger partial charge in [0.1, 0.15) is 11.5 Å². The van der Waals surface area contributed by atoms with E-state index in [1.807, 2.05) is 9.80 Å². The first kappa shape index (κ1) is 16.6. The highest BCUT2D eigenvalue weighted by molar-refractivity contribution is 5.92. The van der Waals surface area contributed by atoms with E-state index in [9.17, 15) is 9.59 Å². The first-order chi connectivity index (χ1) is 12.6. The second-order valence-electron chi connectivity index (χ2n) is 6.69. The molecule has 26 heavy (non-hydrogen) atoms. The fourth-order valence-corrected chi connectivity index (χ4v) is 3.34. The fourth-order valence-electron chi connectivity index (χ4n) is 3.34. The largest absolute Gasteiger partial charge is 0.349 e. The van der Waals surface area contributed by atoms with E-state index < -0.39 is 0 Å². The van der Waals surface area contributed by atoms with Crippen molar-refractivity contribution in [1.29, 1.82) is 0 Å². The molecule has 0 saturated carbocycles. The standard InChI is InChI=1S/C17H21N7O2/c1-22-4-6-23(7-5-22)17(26)13-8-18-9-15(21-13)24-3-2-12-14(10-24)19-11-20-16(12)25/h8-9,11H,2-7,10H2,1H3,(H,19,20,25). The molecule has 0 aliphatic carbocycles. The Morgan fingerprint density at radius 3 is 2.77 bits per heavy atom. The van der Waals surface area contributed by atoms with Crippen LogP contribution in [0.2, 0.25) is 0 Å². The van der Waals surface area contributed by atoms with Gasteiger partial charge in [-0.25, -0.2) is 9.97 Å². The van der Waals surface area contributed by atoms with Gasteiger partial charge in [0.2, 0.25) is 0 Å². The van der Waals surface area contributed by atoms with E-state index in [0.717, 1.165) is 24.3 Å². The fraction of sp³-hybridized carbons (Fsp3) is 0.471. The van der Waals surface area contributed by atoms with Crippen molar-refractivity contribution in [2.24, 2.45) is 0 Å². The second kappa shape index (κ2) is 6.83. The molecule has 0 aromatic carbocycles. The van der Waals surface area contributed by atoms with E-state index in [2.05, 4.69) is 31.9 Å². The summed E-state index contributed by atoms with van der Waals surface area (Å²) in [5.41, 5.74) is 1.75. The zero-order chi connectivity index (χ0) is 18.1. The van der Waals surface area contributed by atoms with Crippen LogP contribution in [-0.4, -0.2) is 75.4 Å². The minimum atomic E-state index is -0.0839. The molecule has 1 N–H and O–H groups in total. The van der Waals surface area contributed by atoms with Gasteiger partial charge in [0.15, 0.2) is 0 Å². The van der Waals surface area contributed by atoms with Crippen molar-refractivity contribution in [2.45, 2.75) is 13.0 Å². The van der Waals surface area contributed by atoms with Crippen LogP contribution in [0.1, 0.15) is 21.7 Å². The lowest BCUT2D eigenvalue weighted by atomic mass is 10.1. The summed E-state index contributed by atoms with van der Waals surface area (Å²) in [5.74, 6) is 0.553. The molecule has 1 saturated heterocycles. The van der Waals surface area contributed by atoms with Crippen molar-refractivity contribution in [3.8, 4) is 0 Å². The Morgan fingerprint density at radius 1 is 1.15 bits per heavy atom. The van der Waals surface area contributed by atoms with Crippen LogP contribution < -0.4 is 10.5 Å². The third kappa shape index (κ3) is 3.17. The lowest BCUT2D eigenvalue weighted by Crippen LogP contribution is -2.47. The maximum atomic E-state index is 12.7. The number of hydrogen-bond donors (Lipinski definition) is 1. The third-order valence-corrected chi connectivity index (χ3v) is 4.97. The monoisotopic (exact) mass is 355 g/mol. The molecule has 0 unspecified atom stereocenters. The van der Waals surface area contributed by atoms with Gasteiger partial charge < -0.3 is 19.7 Å². The molecule has 2 aliphatic rings. The average molecular weight is 355 g/mol. The average Bonchev–Trinajstić information content (AvgIpc) is 2.68. The van der Waals surface area contributed by atoms with E-state index in [1.165, 1.54) is 12.5 Å². The number of amides is 1. The molecule has 2 aromatic heterocycles. The molecule has 9 nitrogen and oxygen atoms in total. The number of likely N-dealkylation sites (N-methyl/N-ethyl adjacent to an activating group) is 1. The third-order valence-electron chi connectivity index (χ3n) is 4.97. The van der Waals surface area contributed by atoms with Crippen molar-refractivity contribution >= 4 is 11.7 Å². The number of aromatic nitrogens is 4. The molecule has 0 atom stereocenters. The number of anilines is 1. The van der Waals surface area contributed by atoms with E-state index in [-0.39, 0.29) is 11.5 Å². The first-order valence-corrected chi connectivity index (χ1v) is 8.72. The van der Waals surface area contributed by atoms with E-state index in [4.69, 9.17) is 0 Å². The number of carbonyl (C=O) groups is 1. The van der Waals surface area contributed by atoms with E-state index >= 15 is 0 Å². The van der Waals surface area contributed by atoms with Gasteiger partial charge in [-0.15, -0.1) is 0 Å². The Labute approximate surface area is 150 Å². The molecule has 2 aromatic rings. The molecule has 4 heterocycles. The van der Waals surface area contributed by atoms with Gasteiger partial charge in [-0.1, -0.05) is 0 Å². The van der Waals surface area contributed by atoms with Crippen LogP contribution in [0, 0.1) is 0 Å². The van der Waals surface area contributed by atoms with Crippen LogP contribution in [0.4, 0.5) is 5.82 Å². The zero-order valence-electron chi connectivity index (χ0n) is 14.7. The number of hydrogen-bond acceptors (Lipinski definition) is 7. The van der Waals surface area contributed by atoms with Crippen molar-refractivity contribution in [3.05, 3.63) is 46.0 Å². The van der Waals surface area contributed by atoms with Crippen molar-refractivity contribution < 1.29 is 4.79 Å².